The Kier molecular flexibility index (Phi) is 7.99. The zero-order valence-electron chi connectivity index (χ0n) is 26.1. The van der Waals surface area contributed by atoms with E-state index in [9.17, 15) is 10.1 Å². The smallest absolute Gasteiger partial charge is 0.414 e. The van der Waals surface area contributed by atoms with E-state index >= 15 is 4.39 Å². The number of nitriles is 1. The molecule has 1 N–H and O–H groups in total. The minimum absolute atomic E-state index is 0.0195. The highest BCUT2D eigenvalue weighted by molar-refractivity contribution is 6.74. The summed E-state index contributed by atoms with van der Waals surface area (Å²) in [6.45, 7) is 18.8. The molecule has 0 saturated carbocycles. The van der Waals surface area contributed by atoms with E-state index in [0.717, 1.165) is 6.20 Å². The number of hydrogen-bond acceptors (Lipinski definition) is 8. The number of nitrogens with zero attached hydrogens (tertiary/aromatic N) is 6. The van der Waals surface area contributed by atoms with E-state index in [2.05, 4.69) is 60.3 Å². The molecule has 3 heterocycles. The van der Waals surface area contributed by atoms with Crippen molar-refractivity contribution in [2.45, 2.75) is 77.6 Å². The molecule has 4 rings (SSSR count). The fourth-order valence-corrected chi connectivity index (χ4v) is 5.61. The third-order valence-electron chi connectivity index (χ3n) is 7.80. The van der Waals surface area contributed by atoms with Gasteiger partial charge in [-0.1, -0.05) is 27.7 Å². The Morgan fingerprint density at radius 1 is 1.24 bits per heavy atom. The fraction of sp³-hybridized carbons (Fsp3) is 0.500. The topological polar surface area (TPSA) is 118 Å². The number of amides is 1. The standard InChI is InChI=1S/C30H40FN7O3Si/c1-28(2,3)41-27(39)38-17-30(7,18-40-42(9,10)29(4,5)6)21-14-19(13-20(15-32)25(21)38)24-22(31)16-33-26(35-24)34-23-11-12-37(8)36-23/h11-14,16H,17-18H2,1-10H3,(H,33,34,35,36). The molecule has 1 atom stereocenters. The second kappa shape index (κ2) is 10.8. The van der Waals surface area contributed by atoms with Crippen molar-refractivity contribution in [3.05, 3.63) is 47.5 Å². The Labute approximate surface area is 248 Å². The van der Waals surface area contributed by atoms with Gasteiger partial charge in [-0.15, -0.1) is 0 Å². The molecule has 0 saturated heterocycles. The summed E-state index contributed by atoms with van der Waals surface area (Å²) in [5.74, 6) is 0.0141. The number of rotatable bonds is 6. The van der Waals surface area contributed by atoms with E-state index in [1.807, 2.05) is 6.92 Å². The summed E-state index contributed by atoms with van der Waals surface area (Å²) in [4.78, 5) is 23.4. The van der Waals surface area contributed by atoms with E-state index < -0.39 is 31.2 Å². The molecule has 42 heavy (non-hydrogen) atoms. The van der Waals surface area contributed by atoms with E-state index in [1.54, 1.807) is 56.9 Å². The van der Waals surface area contributed by atoms with Crippen LogP contribution in [0.15, 0.2) is 30.6 Å². The van der Waals surface area contributed by atoms with Crippen molar-refractivity contribution in [2.24, 2.45) is 7.05 Å². The maximum Gasteiger partial charge on any atom is 0.414 e. The first-order valence-corrected chi connectivity index (χ1v) is 16.8. The van der Waals surface area contributed by atoms with Gasteiger partial charge in [-0.25, -0.2) is 19.2 Å². The average molecular weight is 594 g/mol. The van der Waals surface area contributed by atoms with Crippen LogP contribution < -0.4 is 10.2 Å². The van der Waals surface area contributed by atoms with Crippen LogP contribution in [0.3, 0.4) is 0 Å². The first kappa shape index (κ1) is 31.1. The lowest BCUT2D eigenvalue weighted by Gasteiger charge is -2.39. The number of ether oxygens (including phenoxy) is 1. The lowest BCUT2D eigenvalue weighted by molar-refractivity contribution is 0.0575. The van der Waals surface area contributed by atoms with Crippen LogP contribution in [0.4, 0.5) is 26.6 Å². The van der Waals surface area contributed by atoms with Crippen LogP contribution in [-0.2, 0) is 21.6 Å². The largest absolute Gasteiger partial charge is 0.443 e. The number of halogens is 1. The number of aromatic nitrogens is 4. The van der Waals surface area contributed by atoms with Crippen molar-refractivity contribution >= 4 is 31.9 Å². The Bertz CT molecular complexity index is 1550. The number of fused-ring (bicyclic) bond motifs is 1. The number of hydrogen-bond donors (Lipinski definition) is 1. The van der Waals surface area contributed by atoms with E-state index in [0.29, 0.717) is 29.2 Å². The molecule has 0 bridgehead atoms. The molecule has 3 aromatic rings. The predicted molar refractivity (Wildman–Crippen MR) is 163 cm³/mol. The van der Waals surface area contributed by atoms with Gasteiger partial charge in [-0.3, -0.25) is 9.58 Å². The van der Waals surface area contributed by atoms with Crippen molar-refractivity contribution < 1.29 is 18.3 Å². The van der Waals surface area contributed by atoms with Gasteiger partial charge in [0, 0.05) is 43.4 Å². The second-order valence-corrected chi connectivity index (χ2v) is 18.4. The molecule has 2 aromatic heterocycles. The van der Waals surface area contributed by atoms with Crippen molar-refractivity contribution in [2.75, 3.05) is 23.4 Å². The summed E-state index contributed by atoms with van der Waals surface area (Å²) in [6.07, 6.45) is 2.29. The first-order chi connectivity index (χ1) is 19.3. The van der Waals surface area contributed by atoms with Gasteiger partial charge in [-0.2, -0.15) is 10.4 Å². The fourth-order valence-electron chi connectivity index (χ4n) is 4.50. The molecule has 1 amide bonds. The monoisotopic (exact) mass is 593 g/mol. The summed E-state index contributed by atoms with van der Waals surface area (Å²) in [7, 11) is -0.395. The lowest BCUT2D eigenvalue weighted by atomic mass is 9.83. The van der Waals surface area contributed by atoms with E-state index in [1.165, 1.54) is 4.90 Å². The number of anilines is 3. The SMILES string of the molecule is Cn1ccc(Nc2ncc(F)c(-c3cc(C#N)c4c(c3)C(C)(CO[Si](C)(C)C(C)(C)C)CN4C(=O)OC(C)(C)C)n2)n1. The van der Waals surface area contributed by atoms with E-state index in [-0.39, 0.29) is 28.8 Å². The normalized spacial score (nSPS) is 17.1. The molecule has 0 fully saturated rings. The second-order valence-electron chi connectivity index (χ2n) is 13.6. The first-order valence-electron chi connectivity index (χ1n) is 13.9. The average Bonchev–Trinajstić information content (AvgIpc) is 3.42. The summed E-state index contributed by atoms with van der Waals surface area (Å²) in [5.41, 5.74) is 0.312. The zero-order valence-corrected chi connectivity index (χ0v) is 27.1. The van der Waals surface area contributed by atoms with Crippen LogP contribution in [0.5, 0.6) is 0 Å². The Morgan fingerprint density at radius 2 is 1.93 bits per heavy atom. The number of carbonyl (C=O) groups excluding carboxylic acids is 1. The van der Waals surface area contributed by atoms with Gasteiger partial charge in [-0.05, 0) is 56.6 Å². The maximum atomic E-state index is 15.2. The van der Waals surface area contributed by atoms with Crippen LogP contribution >= 0.6 is 0 Å². The van der Waals surface area contributed by atoms with Crippen LogP contribution in [0, 0.1) is 17.1 Å². The third kappa shape index (κ3) is 6.32. The van der Waals surface area contributed by atoms with Crippen molar-refractivity contribution in [1.82, 2.24) is 19.7 Å². The van der Waals surface area contributed by atoms with Gasteiger partial charge in [0.25, 0.3) is 0 Å². The molecule has 1 aromatic carbocycles. The predicted octanol–water partition coefficient (Wildman–Crippen LogP) is 6.67. The highest BCUT2D eigenvalue weighted by Crippen LogP contribution is 2.47. The third-order valence-corrected chi connectivity index (χ3v) is 12.3. The van der Waals surface area contributed by atoms with Gasteiger partial charge >= 0.3 is 6.09 Å². The molecule has 224 valence electrons. The van der Waals surface area contributed by atoms with Gasteiger partial charge < -0.3 is 14.5 Å². The Hall–Kier alpha value is -3.82. The highest BCUT2D eigenvalue weighted by Gasteiger charge is 2.47. The number of nitrogens with one attached hydrogen (secondary N) is 1. The minimum atomic E-state index is -2.18. The van der Waals surface area contributed by atoms with Crippen LogP contribution in [0.2, 0.25) is 18.1 Å². The molecule has 1 aliphatic heterocycles. The molecule has 12 heteroatoms. The number of carbonyl (C=O) groups is 1. The molecule has 1 unspecified atom stereocenters. The van der Waals surface area contributed by atoms with Crippen LogP contribution in [0.1, 0.15) is 59.6 Å². The molecule has 0 radical (unpaired) electrons. The summed E-state index contributed by atoms with van der Waals surface area (Å²) in [6, 6.07) is 7.31. The van der Waals surface area contributed by atoms with Crippen molar-refractivity contribution in [3.63, 3.8) is 0 Å². The number of aryl methyl sites for hydroxylation is 1. The maximum absolute atomic E-state index is 15.2. The van der Waals surface area contributed by atoms with Gasteiger partial charge in [0.15, 0.2) is 20.0 Å². The number of benzene rings is 1. The van der Waals surface area contributed by atoms with Gasteiger partial charge in [0.1, 0.15) is 17.4 Å². The van der Waals surface area contributed by atoms with Gasteiger partial charge in [0.2, 0.25) is 5.95 Å². The van der Waals surface area contributed by atoms with Crippen LogP contribution in [0.25, 0.3) is 11.3 Å². The lowest BCUT2D eigenvalue weighted by Crippen LogP contribution is -2.46. The molecular formula is C30H40FN7O3Si. The van der Waals surface area contributed by atoms with Crippen molar-refractivity contribution in [1.29, 1.82) is 5.26 Å². The van der Waals surface area contributed by atoms with Crippen LogP contribution in [-0.4, -0.2) is 52.9 Å². The highest BCUT2D eigenvalue weighted by atomic mass is 28.4. The van der Waals surface area contributed by atoms with Gasteiger partial charge in [0.05, 0.1) is 17.4 Å². The Balaban J connectivity index is 1.83. The Morgan fingerprint density at radius 3 is 2.50 bits per heavy atom. The van der Waals surface area contributed by atoms with E-state index in [4.69, 9.17) is 9.16 Å². The summed E-state index contributed by atoms with van der Waals surface area (Å²) in [5, 5.41) is 17.5. The van der Waals surface area contributed by atoms with Crippen molar-refractivity contribution in [3.8, 4) is 17.3 Å². The molecule has 10 nitrogen and oxygen atoms in total. The summed E-state index contributed by atoms with van der Waals surface area (Å²) >= 11 is 0. The zero-order chi connectivity index (χ0) is 31.3. The minimum Gasteiger partial charge on any atom is -0.443 e. The molecular weight excluding hydrogens is 553 g/mol. The molecule has 1 aliphatic rings. The molecule has 0 spiro atoms. The summed E-state index contributed by atoms with van der Waals surface area (Å²) < 4.78 is 29.2. The quantitative estimate of drug-likeness (QED) is 0.315. The molecule has 0 aliphatic carbocycles.